The first-order valence-corrected chi connectivity index (χ1v) is 24.8. The number of benzene rings is 5. The Hall–Kier alpha value is -4.27. The van der Waals surface area contributed by atoms with Gasteiger partial charge in [0.1, 0.15) is 6.10 Å². The second-order valence-corrected chi connectivity index (χ2v) is 21.5. The number of carbonyl (C=O) groups excluding carboxylic acids is 1. The number of hydrogen-bond donors (Lipinski definition) is 1. The Labute approximate surface area is 381 Å². The number of esters is 1. The lowest BCUT2D eigenvalue weighted by Crippen LogP contribution is -2.31. The van der Waals surface area contributed by atoms with E-state index in [1.54, 1.807) is 11.8 Å². The van der Waals surface area contributed by atoms with Crippen molar-refractivity contribution in [1.82, 2.24) is 4.98 Å². The second kappa shape index (κ2) is 19.2. The van der Waals surface area contributed by atoms with E-state index in [-0.39, 0.29) is 12.4 Å². The Kier molecular flexibility index (Phi) is 13.8. The summed E-state index contributed by atoms with van der Waals surface area (Å²) in [5, 5.41) is 11.6. The lowest BCUT2D eigenvalue weighted by atomic mass is 9.95. The molecule has 0 amide bonds. The molecule has 2 aliphatic rings. The molecule has 1 unspecified atom stereocenters. The van der Waals surface area contributed by atoms with Crippen molar-refractivity contribution in [3.63, 3.8) is 0 Å². The van der Waals surface area contributed by atoms with Crippen LogP contribution in [0.25, 0.3) is 28.1 Å². The summed E-state index contributed by atoms with van der Waals surface area (Å²) in [6.07, 6.45) is 5.45. The average molecular weight is 878 g/mol. The predicted octanol–water partition coefficient (Wildman–Crippen LogP) is 15.8. The highest BCUT2D eigenvalue weighted by Crippen LogP contribution is 2.53. The van der Waals surface area contributed by atoms with Crippen molar-refractivity contribution >= 4 is 58.2 Å². The summed E-state index contributed by atoms with van der Waals surface area (Å²) in [6, 6.07) is 38.7. The molecule has 1 N–H and O–H groups in total. The minimum Gasteiger partial charge on any atom is -0.458 e. The first-order chi connectivity index (χ1) is 29.8. The number of aliphatic hydroxyl groups excluding tert-OH is 1. The lowest BCUT2D eigenvalue weighted by Gasteiger charge is -2.24. The van der Waals surface area contributed by atoms with E-state index < -0.39 is 12.2 Å². The molecule has 0 radical (unpaired) electrons. The molecule has 1 saturated carbocycles. The maximum absolute atomic E-state index is 12.5. The number of aromatic nitrogens is 1. The van der Waals surface area contributed by atoms with Crippen LogP contribution in [0.1, 0.15) is 144 Å². The van der Waals surface area contributed by atoms with Crippen LogP contribution in [0.5, 0.6) is 0 Å². The zero-order chi connectivity index (χ0) is 43.7. The molecule has 2 heterocycles. The number of cyclic esters (lactones) is 1. The Bertz CT molecular complexity index is 2550. The average Bonchev–Trinajstić information content (AvgIpc) is 4.10. The van der Waals surface area contributed by atoms with Gasteiger partial charge in [-0.1, -0.05) is 157 Å². The van der Waals surface area contributed by atoms with Gasteiger partial charge in [-0.25, -0.2) is 0 Å². The lowest BCUT2D eigenvalue weighted by molar-refractivity contribution is -0.156. The van der Waals surface area contributed by atoms with Crippen molar-refractivity contribution in [3.05, 3.63) is 143 Å². The highest BCUT2D eigenvalue weighted by molar-refractivity contribution is 8.02. The SMILES string of the molecule is CC(C)c1ccc(Sc2cc3c(Sc4ccc(C(C)C)cc4)c(/C=C/[C@H]4CC(O)CC(=O)O4)c(C4CC4)nc3c(-c3ccc(C(C)C)cc3)c2Sc2ccc(C(C)C)cc2)cc1. The van der Waals surface area contributed by atoms with Gasteiger partial charge in [0, 0.05) is 58.2 Å². The number of fused-ring (bicyclic) bond motifs is 1. The van der Waals surface area contributed by atoms with Gasteiger partial charge in [0.25, 0.3) is 0 Å². The number of aliphatic hydroxyl groups is 1. The molecule has 1 saturated heterocycles. The molecule has 8 rings (SSSR count). The number of ether oxygens (including phenoxy) is 1. The Balaban J connectivity index is 1.42. The summed E-state index contributed by atoms with van der Waals surface area (Å²) in [7, 11) is 0. The predicted molar refractivity (Wildman–Crippen MR) is 261 cm³/mol. The molecular formula is C55H59NO3S3. The van der Waals surface area contributed by atoms with Gasteiger partial charge in [-0.05, 0) is 113 Å². The van der Waals surface area contributed by atoms with Crippen LogP contribution < -0.4 is 0 Å². The zero-order valence-electron chi connectivity index (χ0n) is 37.3. The van der Waals surface area contributed by atoms with Gasteiger partial charge in [0.2, 0.25) is 0 Å². The molecule has 7 heteroatoms. The summed E-state index contributed by atoms with van der Waals surface area (Å²) >= 11 is 5.44. The van der Waals surface area contributed by atoms with E-state index in [0.717, 1.165) is 55.9 Å². The third-order valence-corrected chi connectivity index (χ3v) is 15.5. The van der Waals surface area contributed by atoms with Crippen molar-refractivity contribution in [1.29, 1.82) is 0 Å². The molecule has 6 aromatic rings. The van der Waals surface area contributed by atoms with Crippen molar-refractivity contribution < 1.29 is 14.6 Å². The Morgan fingerprint density at radius 3 is 1.58 bits per heavy atom. The minimum atomic E-state index is -0.715. The number of nitrogens with zero attached hydrogens (tertiary/aromatic N) is 1. The summed E-state index contributed by atoms with van der Waals surface area (Å²) in [6.45, 7) is 17.9. The van der Waals surface area contributed by atoms with Crippen LogP contribution in [0, 0.1) is 0 Å². The monoisotopic (exact) mass is 877 g/mol. The molecule has 1 aliphatic carbocycles. The largest absolute Gasteiger partial charge is 0.458 e. The maximum Gasteiger partial charge on any atom is 0.309 e. The van der Waals surface area contributed by atoms with Crippen LogP contribution in [0.3, 0.4) is 0 Å². The van der Waals surface area contributed by atoms with Gasteiger partial charge in [0.05, 0.1) is 23.7 Å². The van der Waals surface area contributed by atoms with Crippen molar-refractivity contribution in [2.24, 2.45) is 0 Å². The van der Waals surface area contributed by atoms with Gasteiger partial charge in [-0.3, -0.25) is 9.78 Å². The summed E-state index contributed by atoms with van der Waals surface area (Å²) in [5.41, 5.74) is 10.7. The van der Waals surface area contributed by atoms with E-state index >= 15 is 0 Å². The fourth-order valence-electron chi connectivity index (χ4n) is 8.04. The first-order valence-electron chi connectivity index (χ1n) is 22.3. The van der Waals surface area contributed by atoms with E-state index in [0.29, 0.717) is 36.0 Å². The summed E-state index contributed by atoms with van der Waals surface area (Å²) < 4.78 is 5.76. The van der Waals surface area contributed by atoms with Crippen LogP contribution in [0.4, 0.5) is 0 Å². The number of hydrogen-bond acceptors (Lipinski definition) is 7. The van der Waals surface area contributed by atoms with Crippen LogP contribution >= 0.6 is 35.3 Å². The van der Waals surface area contributed by atoms with Crippen molar-refractivity contribution in [3.8, 4) is 11.1 Å². The van der Waals surface area contributed by atoms with Crippen molar-refractivity contribution in [2.75, 3.05) is 0 Å². The topological polar surface area (TPSA) is 59.4 Å². The molecule has 0 bridgehead atoms. The van der Waals surface area contributed by atoms with Crippen LogP contribution in [-0.4, -0.2) is 28.3 Å². The number of carbonyl (C=O) groups is 1. The van der Waals surface area contributed by atoms with E-state index in [4.69, 9.17) is 9.72 Å². The third kappa shape index (κ3) is 10.2. The van der Waals surface area contributed by atoms with E-state index in [1.165, 1.54) is 41.8 Å². The van der Waals surface area contributed by atoms with Crippen LogP contribution in [0.2, 0.25) is 0 Å². The molecule has 0 spiro atoms. The quantitative estimate of drug-likeness (QED) is 0.109. The molecule has 5 aromatic carbocycles. The van der Waals surface area contributed by atoms with Crippen LogP contribution in [0.15, 0.2) is 139 Å². The van der Waals surface area contributed by atoms with E-state index in [2.05, 4.69) is 165 Å². The smallest absolute Gasteiger partial charge is 0.309 e. The van der Waals surface area contributed by atoms with Crippen molar-refractivity contribution in [2.45, 2.75) is 152 Å². The van der Waals surface area contributed by atoms with Gasteiger partial charge in [-0.2, -0.15) is 0 Å². The standard InChI is InChI=1S/C55H59NO3S3/c1-32(2)36-9-11-40(12-10-36)51-53-48(31-49(60-44-22-15-37(16-23-44)33(3)4)55(51)62-46-26-19-39(20-27-46)35(7)8)54(61-45-24-17-38(18-25-45)34(5)6)47(52(56-53)41-13-14-41)28-21-43-29-42(57)30-50(58)59-43/h9-12,15-28,31-35,41-43,57H,13-14,29-30H2,1-8H3/b28-21+/t42?,43-/m0/s1. The fraction of sp³-hybridized carbons (Fsp3) is 0.345. The van der Waals surface area contributed by atoms with Gasteiger partial charge >= 0.3 is 5.97 Å². The second-order valence-electron chi connectivity index (χ2n) is 18.2. The van der Waals surface area contributed by atoms with E-state index in [9.17, 15) is 9.90 Å². The Morgan fingerprint density at radius 2 is 1.11 bits per heavy atom. The molecular weight excluding hydrogens is 819 g/mol. The molecule has 4 nitrogen and oxygen atoms in total. The van der Waals surface area contributed by atoms with Gasteiger partial charge < -0.3 is 9.84 Å². The summed E-state index contributed by atoms with van der Waals surface area (Å²) in [5.74, 6) is 1.70. The third-order valence-electron chi connectivity index (χ3n) is 12.0. The van der Waals surface area contributed by atoms with Crippen LogP contribution in [-0.2, 0) is 9.53 Å². The first kappa shape index (κ1) is 44.3. The Morgan fingerprint density at radius 1 is 0.645 bits per heavy atom. The molecule has 320 valence electrons. The van der Waals surface area contributed by atoms with Gasteiger partial charge in [-0.15, -0.1) is 0 Å². The molecule has 1 aromatic heterocycles. The molecule has 62 heavy (non-hydrogen) atoms. The van der Waals surface area contributed by atoms with E-state index in [1.807, 2.05) is 29.6 Å². The molecule has 2 atom stereocenters. The maximum atomic E-state index is 12.5. The fourth-order valence-corrected chi connectivity index (χ4v) is 11.2. The number of pyridine rings is 1. The summed E-state index contributed by atoms with van der Waals surface area (Å²) in [4.78, 5) is 25.3. The highest BCUT2D eigenvalue weighted by Gasteiger charge is 2.32. The van der Waals surface area contributed by atoms with Gasteiger partial charge in [0.15, 0.2) is 0 Å². The minimum absolute atomic E-state index is 0.0342. The molecule has 2 fully saturated rings. The molecule has 1 aliphatic heterocycles. The highest BCUT2D eigenvalue weighted by atomic mass is 32.2. The zero-order valence-corrected chi connectivity index (χ0v) is 39.7. The number of rotatable bonds is 14. The normalized spacial score (nSPS) is 17.0.